The van der Waals surface area contributed by atoms with Crippen LogP contribution < -0.4 is 0 Å². The van der Waals surface area contributed by atoms with Crippen molar-refractivity contribution in [1.29, 1.82) is 0 Å². The average Bonchev–Trinajstić information content (AvgIpc) is 2.45. The van der Waals surface area contributed by atoms with Crippen LogP contribution in [-0.2, 0) is 0 Å². The fourth-order valence-corrected chi connectivity index (χ4v) is 1.42. The molecule has 0 bridgehead atoms. The Morgan fingerprint density at radius 1 is 1.27 bits per heavy atom. The monoisotopic (exact) mass is 276 g/mol. The van der Waals surface area contributed by atoms with Gasteiger partial charge < -0.3 is 4.42 Å². The third kappa shape index (κ3) is 1.08. The molecule has 3 nitrogen and oxygen atoms in total. The molecule has 0 N–H and O–H groups in total. The Hall–Kier alpha value is -0.420. The molecule has 0 atom stereocenters. The number of rotatable bonds is 0. The molecule has 0 radical (unpaired) electrons. The van der Waals surface area contributed by atoms with Crippen LogP contribution in [0.25, 0.3) is 11.1 Å². The highest BCUT2D eigenvalue weighted by molar-refractivity contribution is 9.13. The fourth-order valence-electron chi connectivity index (χ4n) is 0.781. The van der Waals surface area contributed by atoms with Gasteiger partial charge in [0.1, 0.15) is 10.1 Å². The van der Waals surface area contributed by atoms with E-state index in [1.807, 2.05) is 0 Å². The molecule has 0 aliphatic heterocycles. The summed E-state index contributed by atoms with van der Waals surface area (Å²) < 4.78 is 6.60. The molecule has 0 amide bonds. The van der Waals surface area contributed by atoms with Crippen LogP contribution in [0.3, 0.4) is 0 Å². The maximum Gasteiger partial charge on any atom is 0.171 e. The van der Waals surface area contributed by atoms with Crippen LogP contribution >= 0.6 is 31.9 Å². The molecule has 11 heavy (non-hydrogen) atoms. The second kappa shape index (κ2) is 2.57. The van der Waals surface area contributed by atoms with E-state index < -0.39 is 0 Å². The molecule has 0 aliphatic rings. The molecule has 0 aliphatic carbocycles. The molecule has 2 aromatic heterocycles. The van der Waals surface area contributed by atoms with Gasteiger partial charge in [-0.25, -0.2) is 0 Å². The predicted molar refractivity (Wildman–Crippen MR) is 47.2 cm³/mol. The summed E-state index contributed by atoms with van der Waals surface area (Å²) in [4.78, 5) is 0. The Morgan fingerprint density at radius 2 is 2.09 bits per heavy atom. The first kappa shape index (κ1) is 7.24. The lowest BCUT2D eigenvalue weighted by atomic mass is 10.4. The highest BCUT2D eigenvalue weighted by Gasteiger charge is 2.07. The van der Waals surface area contributed by atoms with Crippen LogP contribution in [0.1, 0.15) is 0 Å². The Morgan fingerprint density at radius 3 is 2.91 bits per heavy atom. The van der Waals surface area contributed by atoms with Crippen LogP contribution in [0.2, 0.25) is 0 Å². The van der Waals surface area contributed by atoms with Crippen molar-refractivity contribution in [2.75, 3.05) is 0 Å². The largest absolute Gasteiger partial charge is 0.461 e. The predicted octanol–water partition coefficient (Wildman–Crippen LogP) is 2.75. The highest BCUT2D eigenvalue weighted by atomic mass is 79.9. The quantitative estimate of drug-likeness (QED) is 0.743. The number of nitrogens with zero attached hydrogens (tertiary/aromatic N) is 2. The van der Waals surface area contributed by atoms with Crippen molar-refractivity contribution in [2.24, 2.45) is 0 Å². The fraction of sp³-hybridized carbons (Fsp3) is 0. The Kier molecular flexibility index (Phi) is 1.69. The minimum atomic E-state index is 0.653. The number of hydrogen-bond acceptors (Lipinski definition) is 3. The van der Waals surface area contributed by atoms with Crippen molar-refractivity contribution in [3.05, 3.63) is 21.4 Å². The van der Waals surface area contributed by atoms with Gasteiger partial charge in [0.15, 0.2) is 5.58 Å². The van der Waals surface area contributed by atoms with Gasteiger partial charge in [-0.1, -0.05) is 0 Å². The van der Waals surface area contributed by atoms with Crippen molar-refractivity contribution in [3.8, 4) is 0 Å². The van der Waals surface area contributed by atoms with E-state index in [-0.39, 0.29) is 0 Å². The van der Waals surface area contributed by atoms with Gasteiger partial charge in [0.05, 0.1) is 10.7 Å². The van der Waals surface area contributed by atoms with Crippen molar-refractivity contribution >= 4 is 43.0 Å². The van der Waals surface area contributed by atoms with Crippen molar-refractivity contribution < 1.29 is 4.42 Å². The summed E-state index contributed by atoms with van der Waals surface area (Å²) in [6.07, 6.45) is 1.58. The number of aromatic nitrogens is 2. The van der Waals surface area contributed by atoms with Gasteiger partial charge in [0.25, 0.3) is 0 Å². The van der Waals surface area contributed by atoms with Crippen LogP contribution in [-0.4, -0.2) is 10.2 Å². The number of halogens is 2. The summed E-state index contributed by atoms with van der Waals surface area (Å²) in [5.41, 5.74) is 1.46. The van der Waals surface area contributed by atoms with Crippen LogP contribution in [0.5, 0.6) is 0 Å². The first-order valence-corrected chi connectivity index (χ1v) is 4.42. The second-order valence-corrected chi connectivity index (χ2v) is 3.48. The molecular weight excluding hydrogens is 276 g/mol. The zero-order chi connectivity index (χ0) is 7.84. The second-order valence-electron chi connectivity index (χ2n) is 1.94. The van der Waals surface area contributed by atoms with Gasteiger partial charge in [-0.3, -0.25) is 0 Å². The van der Waals surface area contributed by atoms with Crippen molar-refractivity contribution in [3.63, 3.8) is 0 Å². The molecular formula is C6H2Br2N2O. The maximum atomic E-state index is 5.15. The van der Waals surface area contributed by atoms with E-state index >= 15 is 0 Å². The lowest BCUT2D eigenvalue weighted by Gasteiger charge is -1.92. The SMILES string of the molecule is Brc1nnc2ccoc2c1Br. The average molecular weight is 278 g/mol. The minimum absolute atomic E-state index is 0.653. The van der Waals surface area contributed by atoms with E-state index in [4.69, 9.17) is 4.42 Å². The molecule has 5 heteroatoms. The first-order valence-electron chi connectivity index (χ1n) is 2.84. The topological polar surface area (TPSA) is 38.9 Å². The van der Waals surface area contributed by atoms with Gasteiger partial charge in [-0.2, -0.15) is 0 Å². The smallest absolute Gasteiger partial charge is 0.171 e. The molecule has 0 saturated heterocycles. The van der Waals surface area contributed by atoms with E-state index in [2.05, 4.69) is 42.1 Å². The van der Waals surface area contributed by atoms with Gasteiger partial charge in [-0.15, -0.1) is 10.2 Å². The Balaban J connectivity index is 2.93. The summed E-state index contributed by atoms with van der Waals surface area (Å²) in [5, 5.41) is 7.72. The molecule has 2 rings (SSSR count). The maximum absolute atomic E-state index is 5.15. The molecule has 2 aromatic rings. The van der Waals surface area contributed by atoms with Crippen molar-refractivity contribution in [2.45, 2.75) is 0 Å². The summed E-state index contributed by atoms with van der Waals surface area (Å²) in [6.45, 7) is 0. The number of furan rings is 1. The Labute approximate surface area is 79.1 Å². The summed E-state index contributed by atoms with van der Waals surface area (Å²) >= 11 is 6.54. The van der Waals surface area contributed by atoms with E-state index in [0.717, 1.165) is 9.99 Å². The standard InChI is InChI=1S/C6H2Br2N2O/c7-4-5-3(1-2-11-5)9-10-6(4)8/h1-2H. The first-order chi connectivity index (χ1) is 5.29. The molecule has 0 aromatic carbocycles. The minimum Gasteiger partial charge on any atom is -0.461 e. The van der Waals surface area contributed by atoms with Crippen molar-refractivity contribution in [1.82, 2.24) is 10.2 Å². The Bertz CT molecular complexity index is 398. The third-order valence-corrected chi connectivity index (χ3v) is 3.09. The van der Waals surface area contributed by atoms with E-state index in [9.17, 15) is 0 Å². The number of fused-ring (bicyclic) bond motifs is 1. The van der Waals surface area contributed by atoms with Crippen LogP contribution in [0, 0.1) is 0 Å². The van der Waals surface area contributed by atoms with Crippen LogP contribution in [0.15, 0.2) is 25.8 Å². The highest BCUT2D eigenvalue weighted by Crippen LogP contribution is 2.28. The van der Waals surface area contributed by atoms with Gasteiger partial charge in [0.2, 0.25) is 0 Å². The van der Waals surface area contributed by atoms with Gasteiger partial charge in [0, 0.05) is 6.07 Å². The normalized spacial score (nSPS) is 10.7. The molecule has 56 valence electrons. The molecule has 0 saturated carbocycles. The van der Waals surface area contributed by atoms with E-state index in [0.29, 0.717) is 10.2 Å². The summed E-state index contributed by atoms with van der Waals surface area (Å²) in [7, 11) is 0. The number of hydrogen-bond donors (Lipinski definition) is 0. The van der Waals surface area contributed by atoms with Gasteiger partial charge >= 0.3 is 0 Å². The molecule has 0 spiro atoms. The molecule has 0 fully saturated rings. The molecule has 0 unspecified atom stereocenters. The zero-order valence-corrected chi connectivity index (χ0v) is 8.39. The van der Waals surface area contributed by atoms with E-state index in [1.54, 1.807) is 12.3 Å². The lowest BCUT2D eigenvalue weighted by Crippen LogP contribution is -1.83. The van der Waals surface area contributed by atoms with Crippen LogP contribution in [0.4, 0.5) is 0 Å². The lowest BCUT2D eigenvalue weighted by molar-refractivity contribution is 0.612. The molecule has 2 heterocycles. The third-order valence-electron chi connectivity index (χ3n) is 1.27. The van der Waals surface area contributed by atoms with Gasteiger partial charge in [-0.05, 0) is 31.9 Å². The zero-order valence-electron chi connectivity index (χ0n) is 5.21. The summed E-state index contributed by atoms with van der Waals surface area (Å²) in [6, 6.07) is 1.76. The van der Waals surface area contributed by atoms with E-state index in [1.165, 1.54) is 0 Å². The summed E-state index contributed by atoms with van der Waals surface area (Å²) in [5.74, 6) is 0.